The minimum absolute atomic E-state index is 0.0868. The minimum atomic E-state index is -0.526. The number of hydrogen-bond acceptors (Lipinski definition) is 4. The number of aromatic nitrogens is 1. The minimum Gasteiger partial charge on any atom is -0.493 e. The van der Waals surface area contributed by atoms with E-state index in [2.05, 4.69) is 4.98 Å². The summed E-state index contributed by atoms with van der Waals surface area (Å²) < 4.78 is 24.0. The van der Waals surface area contributed by atoms with E-state index in [0.717, 1.165) is 5.56 Å². The van der Waals surface area contributed by atoms with E-state index < -0.39 is 5.82 Å². The molecule has 0 amide bonds. The van der Waals surface area contributed by atoms with Gasteiger partial charge in [0.1, 0.15) is 0 Å². The number of methoxy groups -OCH3 is 1. The normalized spacial score (nSPS) is 10.2. The van der Waals surface area contributed by atoms with Gasteiger partial charge in [-0.1, -0.05) is 6.07 Å². The highest BCUT2D eigenvalue weighted by molar-refractivity contribution is 5.44. The van der Waals surface area contributed by atoms with Crippen molar-refractivity contribution in [3.05, 3.63) is 47.9 Å². The highest BCUT2D eigenvalue weighted by atomic mass is 19.1. The average Bonchev–Trinajstić information content (AvgIpc) is 2.41. The van der Waals surface area contributed by atoms with Crippen molar-refractivity contribution in [3.63, 3.8) is 0 Å². The molecular formula is C13H13FN2O2. The first kappa shape index (κ1) is 12.3. The summed E-state index contributed by atoms with van der Waals surface area (Å²) in [6, 6.07) is 7.99. The summed E-state index contributed by atoms with van der Waals surface area (Å²) in [7, 11) is 1.51. The summed E-state index contributed by atoms with van der Waals surface area (Å²) >= 11 is 0. The van der Waals surface area contributed by atoms with E-state index in [1.165, 1.54) is 25.4 Å². The van der Waals surface area contributed by atoms with Crippen LogP contribution in [0.4, 0.5) is 4.39 Å². The van der Waals surface area contributed by atoms with E-state index in [0.29, 0.717) is 18.0 Å². The molecule has 1 aromatic heterocycles. The Morgan fingerprint density at radius 2 is 2.11 bits per heavy atom. The number of nitrogens with two attached hydrogens (primary N) is 1. The zero-order valence-corrected chi connectivity index (χ0v) is 9.89. The van der Waals surface area contributed by atoms with Gasteiger partial charge in [0.15, 0.2) is 17.3 Å². The van der Waals surface area contributed by atoms with Crippen molar-refractivity contribution in [2.24, 2.45) is 5.73 Å². The molecule has 0 radical (unpaired) electrons. The molecule has 2 aromatic rings. The van der Waals surface area contributed by atoms with Crippen molar-refractivity contribution >= 4 is 0 Å². The van der Waals surface area contributed by atoms with Gasteiger partial charge in [-0.25, -0.2) is 9.37 Å². The molecule has 4 nitrogen and oxygen atoms in total. The number of halogens is 1. The van der Waals surface area contributed by atoms with Gasteiger partial charge in [-0.15, -0.1) is 0 Å². The fourth-order valence-corrected chi connectivity index (χ4v) is 1.47. The third kappa shape index (κ3) is 2.57. The second-order valence-corrected chi connectivity index (χ2v) is 3.58. The van der Waals surface area contributed by atoms with E-state index in [9.17, 15) is 4.39 Å². The van der Waals surface area contributed by atoms with Crippen molar-refractivity contribution in [1.82, 2.24) is 4.98 Å². The Labute approximate surface area is 104 Å². The molecule has 0 saturated heterocycles. The van der Waals surface area contributed by atoms with Crippen molar-refractivity contribution in [3.8, 4) is 17.4 Å². The van der Waals surface area contributed by atoms with Crippen LogP contribution in [-0.4, -0.2) is 12.1 Å². The van der Waals surface area contributed by atoms with Crippen LogP contribution in [0.1, 0.15) is 5.56 Å². The first-order chi connectivity index (χ1) is 8.74. The lowest BCUT2D eigenvalue weighted by Gasteiger charge is -2.11. The second-order valence-electron chi connectivity index (χ2n) is 3.58. The molecule has 94 valence electrons. The highest BCUT2D eigenvalue weighted by Crippen LogP contribution is 2.32. The maximum Gasteiger partial charge on any atom is 0.255 e. The molecule has 0 atom stereocenters. The molecule has 0 fully saturated rings. The summed E-state index contributed by atoms with van der Waals surface area (Å²) in [6.07, 6.45) is 1.46. The van der Waals surface area contributed by atoms with E-state index >= 15 is 0 Å². The zero-order valence-electron chi connectivity index (χ0n) is 9.89. The lowest BCUT2D eigenvalue weighted by molar-refractivity contribution is 0.363. The molecule has 0 aliphatic heterocycles. The first-order valence-corrected chi connectivity index (χ1v) is 5.40. The smallest absolute Gasteiger partial charge is 0.255 e. The summed E-state index contributed by atoms with van der Waals surface area (Å²) in [5.41, 5.74) is 6.43. The SMILES string of the molecule is COc1cc(CN)ccc1Oc1ncccc1F. The highest BCUT2D eigenvalue weighted by Gasteiger charge is 2.10. The van der Waals surface area contributed by atoms with E-state index in [1.54, 1.807) is 18.2 Å². The predicted molar refractivity (Wildman–Crippen MR) is 65.2 cm³/mol. The average molecular weight is 248 g/mol. The van der Waals surface area contributed by atoms with Crippen LogP contribution in [0, 0.1) is 5.82 Å². The third-order valence-electron chi connectivity index (χ3n) is 2.40. The summed E-state index contributed by atoms with van der Waals surface area (Å²) in [4.78, 5) is 3.81. The fraction of sp³-hybridized carbons (Fsp3) is 0.154. The molecule has 0 aliphatic rings. The van der Waals surface area contributed by atoms with E-state index in [1.807, 2.05) is 0 Å². The molecule has 1 heterocycles. The number of nitrogens with zero attached hydrogens (tertiary/aromatic N) is 1. The maximum atomic E-state index is 13.4. The van der Waals surface area contributed by atoms with Crippen LogP contribution in [0.15, 0.2) is 36.5 Å². The van der Waals surface area contributed by atoms with Crippen LogP contribution >= 0.6 is 0 Å². The first-order valence-electron chi connectivity index (χ1n) is 5.40. The molecule has 0 spiro atoms. The molecule has 18 heavy (non-hydrogen) atoms. The van der Waals surface area contributed by atoms with Gasteiger partial charge in [-0.3, -0.25) is 0 Å². The zero-order chi connectivity index (χ0) is 13.0. The van der Waals surface area contributed by atoms with Crippen molar-refractivity contribution in [1.29, 1.82) is 0 Å². The molecule has 0 unspecified atom stereocenters. The van der Waals surface area contributed by atoms with E-state index in [-0.39, 0.29) is 5.88 Å². The van der Waals surface area contributed by atoms with E-state index in [4.69, 9.17) is 15.2 Å². The molecule has 0 aliphatic carbocycles. The summed E-state index contributed by atoms with van der Waals surface area (Å²) in [5, 5.41) is 0. The van der Waals surface area contributed by atoms with Gasteiger partial charge in [-0.2, -0.15) is 0 Å². The predicted octanol–water partition coefficient (Wildman–Crippen LogP) is 2.48. The summed E-state index contributed by atoms with van der Waals surface area (Å²) in [6.45, 7) is 0.397. The molecule has 0 bridgehead atoms. The quantitative estimate of drug-likeness (QED) is 0.903. The lowest BCUT2D eigenvalue weighted by Crippen LogP contribution is -1.99. The molecule has 2 N–H and O–H groups in total. The molecule has 2 rings (SSSR count). The number of ether oxygens (including phenoxy) is 2. The van der Waals surface area contributed by atoms with Gasteiger partial charge in [0, 0.05) is 12.7 Å². The second kappa shape index (κ2) is 5.46. The fourth-order valence-electron chi connectivity index (χ4n) is 1.47. The van der Waals surface area contributed by atoms with Gasteiger partial charge >= 0.3 is 0 Å². The largest absolute Gasteiger partial charge is 0.493 e. The molecule has 5 heteroatoms. The van der Waals surface area contributed by atoms with Crippen molar-refractivity contribution in [2.75, 3.05) is 7.11 Å². The maximum absolute atomic E-state index is 13.4. The molecule has 1 aromatic carbocycles. The van der Waals surface area contributed by atoms with Crippen molar-refractivity contribution in [2.45, 2.75) is 6.54 Å². The van der Waals surface area contributed by atoms with Gasteiger partial charge in [0.2, 0.25) is 0 Å². The Bertz CT molecular complexity index is 546. The van der Waals surface area contributed by atoms with Gasteiger partial charge in [0.05, 0.1) is 7.11 Å². The van der Waals surface area contributed by atoms with Gasteiger partial charge < -0.3 is 15.2 Å². The van der Waals surface area contributed by atoms with Crippen LogP contribution < -0.4 is 15.2 Å². The van der Waals surface area contributed by atoms with Crippen LogP contribution in [0.5, 0.6) is 17.4 Å². The van der Waals surface area contributed by atoms with Gasteiger partial charge in [0.25, 0.3) is 5.88 Å². The molecule has 0 saturated carbocycles. The van der Waals surface area contributed by atoms with Crippen LogP contribution in [0.3, 0.4) is 0 Å². The standard InChI is InChI=1S/C13H13FN2O2/c1-17-12-7-9(8-15)4-5-11(12)18-13-10(14)3-2-6-16-13/h2-7H,8,15H2,1H3. The Morgan fingerprint density at radius 1 is 1.28 bits per heavy atom. The number of rotatable bonds is 4. The lowest BCUT2D eigenvalue weighted by atomic mass is 10.2. The van der Waals surface area contributed by atoms with Crippen LogP contribution in [-0.2, 0) is 6.54 Å². The Balaban J connectivity index is 2.32. The van der Waals surface area contributed by atoms with Crippen molar-refractivity contribution < 1.29 is 13.9 Å². The Kier molecular flexibility index (Phi) is 3.74. The Hall–Kier alpha value is -2.14. The van der Waals surface area contributed by atoms with Crippen LogP contribution in [0.2, 0.25) is 0 Å². The molecular weight excluding hydrogens is 235 g/mol. The van der Waals surface area contributed by atoms with Crippen LogP contribution in [0.25, 0.3) is 0 Å². The number of hydrogen-bond donors (Lipinski definition) is 1. The summed E-state index contributed by atoms with van der Waals surface area (Å²) in [5.74, 6) is 0.272. The number of benzene rings is 1. The van der Waals surface area contributed by atoms with Gasteiger partial charge in [-0.05, 0) is 29.8 Å². The third-order valence-corrected chi connectivity index (χ3v) is 2.40. The number of pyridine rings is 1. The Morgan fingerprint density at radius 3 is 2.78 bits per heavy atom. The topological polar surface area (TPSA) is 57.4 Å². The monoisotopic (exact) mass is 248 g/mol.